The fourth-order valence-corrected chi connectivity index (χ4v) is 4.43. The lowest BCUT2D eigenvalue weighted by Gasteiger charge is -2.33. The van der Waals surface area contributed by atoms with Crippen molar-refractivity contribution in [3.63, 3.8) is 0 Å². The molecule has 2 unspecified atom stereocenters. The minimum Gasteiger partial charge on any atom is -0.360 e. The number of hydrogen-bond donors (Lipinski definition) is 1. The van der Waals surface area contributed by atoms with Crippen LogP contribution in [-0.4, -0.2) is 37.0 Å². The van der Waals surface area contributed by atoms with Gasteiger partial charge in [-0.3, -0.25) is 0 Å². The van der Waals surface area contributed by atoms with Crippen LogP contribution in [-0.2, 0) is 10.0 Å². The monoisotopic (exact) mass is 273 g/mol. The lowest BCUT2D eigenvalue weighted by molar-refractivity contribution is 0.254. The number of nitrogens with two attached hydrogens (primary N) is 1. The van der Waals surface area contributed by atoms with Gasteiger partial charge in [-0.25, -0.2) is 8.42 Å². The second kappa shape index (κ2) is 4.64. The average molecular weight is 273 g/mol. The fourth-order valence-electron chi connectivity index (χ4n) is 2.52. The number of nitrogens with zero attached hydrogens (tertiary/aromatic N) is 2. The van der Waals surface area contributed by atoms with Crippen LogP contribution >= 0.6 is 0 Å². The van der Waals surface area contributed by atoms with Crippen molar-refractivity contribution in [1.29, 1.82) is 0 Å². The molecule has 1 aliphatic rings. The number of piperidine rings is 1. The van der Waals surface area contributed by atoms with Gasteiger partial charge >= 0.3 is 0 Å². The minimum atomic E-state index is -3.55. The van der Waals surface area contributed by atoms with Crippen molar-refractivity contribution in [2.24, 2.45) is 11.7 Å². The predicted molar refractivity (Wildman–Crippen MR) is 66.5 cm³/mol. The smallest absolute Gasteiger partial charge is 0.248 e. The van der Waals surface area contributed by atoms with E-state index in [0.29, 0.717) is 24.5 Å². The summed E-state index contributed by atoms with van der Waals surface area (Å²) in [7, 11) is -3.55. The maximum Gasteiger partial charge on any atom is 0.248 e. The van der Waals surface area contributed by atoms with E-state index in [-0.39, 0.29) is 16.9 Å². The summed E-state index contributed by atoms with van der Waals surface area (Å²) in [5.74, 6) is 0.600. The zero-order chi connectivity index (χ0) is 13.5. The second-order valence-corrected chi connectivity index (χ2v) is 6.95. The van der Waals surface area contributed by atoms with Crippen molar-refractivity contribution >= 4 is 10.0 Å². The standard InChI is InChI=1S/C11H19N3O3S/c1-7-4-10(12)6-14(5-7)18(15,16)11-8(2)13-17-9(11)3/h7,10H,4-6,12H2,1-3H3. The van der Waals surface area contributed by atoms with E-state index in [1.54, 1.807) is 13.8 Å². The summed E-state index contributed by atoms with van der Waals surface area (Å²) < 4.78 is 31.5. The molecule has 6 nitrogen and oxygen atoms in total. The van der Waals surface area contributed by atoms with Crippen molar-refractivity contribution in [2.75, 3.05) is 13.1 Å². The molecule has 1 aliphatic heterocycles. The summed E-state index contributed by atoms with van der Waals surface area (Å²) in [6.45, 7) is 6.11. The molecule has 0 amide bonds. The molecule has 0 aliphatic carbocycles. The highest BCUT2D eigenvalue weighted by atomic mass is 32.2. The van der Waals surface area contributed by atoms with Gasteiger partial charge in [0.05, 0.1) is 0 Å². The van der Waals surface area contributed by atoms with E-state index in [1.807, 2.05) is 6.92 Å². The summed E-state index contributed by atoms with van der Waals surface area (Å²) in [6, 6.07) is -0.107. The molecule has 18 heavy (non-hydrogen) atoms. The molecule has 0 bridgehead atoms. The van der Waals surface area contributed by atoms with Crippen LogP contribution in [0.15, 0.2) is 9.42 Å². The van der Waals surface area contributed by atoms with Crippen LogP contribution in [0, 0.1) is 19.8 Å². The summed E-state index contributed by atoms with van der Waals surface area (Å²) in [6.07, 6.45) is 0.855. The highest BCUT2D eigenvalue weighted by Gasteiger charge is 2.35. The van der Waals surface area contributed by atoms with Gasteiger partial charge in [-0.1, -0.05) is 12.1 Å². The van der Waals surface area contributed by atoms with Crippen molar-refractivity contribution < 1.29 is 12.9 Å². The van der Waals surface area contributed by atoms with E-state index in [2.05, 4.69) is 5.16 Å². The molecule has 1 aromatic heterocycles. The first-order chi connectivity index (χ1) is 8.32. The second-order valence-electron chi connectivity index (χ2n) is 5.08. The molecule has 102 valence electrons. The van der Waals surface area contributed by atoms with E-state index in [1.165, 1.54) is 4.31 Å². The SMILES string of the molecule is Cc1noc(C)c1S(=O)(=O)N1CC(C)CC(N)C1. The Hall–Kier alpha value is -0.920. The van der Waals surface area contributed by atoms with Gasteiger partial charge in [-0.05, 0) is 26.2 Å². The van der Waals surface area contributed by atoms with Gasteiger partial charge in [0, 0.05) is 19.1 Å². The van der Waals surface area contributed by atoms with Gasteiger partial charge in [0.1, 0.15) is 10.6 Å². The first-order valence-electron chi connectivity index (χ1n) is 6.01. The Kier molecular flexibility index (Phi) is 3.48. The van der Waals surface area contributed by atoms with Gasteiger partial charge in [0.2, 0.25) is 10.0 Å². The molecule has 0 saturated carbocycles. The van der Waals surface area contributed by atoms with Crippen molar-refractivity contribution in [3.8, 4) is 0 Å². The van der Waals surface area contributed by atoms with E-state index in [4.69, 9.17) is 10.3 Å². The molecule has 2 rings (SSSR count). The van der Waals surface area contributed by atoms with Crippen molar-refractivity contribution in [2.45, 2.75) is 38.1 Å². The van der Waals surface area contributed by atoms with Gasteiger partial charge in [-0.15, -0.1) is 0 Å². The Morgan fingerprint density at radius 2 is 2.06 bits per heavy atom. The van der Waals surface area contributed by atoms with Gasteiger partial charge in [0.15, 0.2) is 5.76 Å². The van der Waals surface area contributed by atoms with E-state index < -0.39 is 10.0 Å². The van der Waals surface area contributed by atoms with Crippen LogP contribution in [0.3, 0.4) is 0 Å². The zero-order valence-electron chi connectivity index (χ0n) is 10.9. The van der Waals surface area contributed by atoms with Crippen LogP contribution in [0.5, 0.6) is 0 Å². The van der Waals surface area contributed by atoms with Gasteiger partial charge in [0.25, 0.3) is 0 Å². The molecule has 0 radical (unpaired) electrons. The first kappa shape index (κ1) is 13.5. The highest BCUT2D eigenvalue weighted by Crippen LogP contribution is 2.27. The molecular weight excluding hydrogens is 254 g/mol. The zero-order valence-corrected chi connectivity index (χ0v) is 11.7. The molecule has 1 aromatic rings. The summed E-state index contributed by atoms with van der Waals surface area (Å²) in [5.41, 5.74) is 6.30. The topological polar surface area (TPSA) is 89.4 Å². The third-order valence-electron chi connectivity index (χ3n) is 3.22. The molecule has 0 spiro atoms. The molecule has 2 atom stereocenters. The molecule has 2 heterocycles. The van der Waals surface area contributed by atoms with Crippen molar-refractivity contribution in [1.82, 2.24) is 9.46 Å². The Morgan fingerprint density at radius 3 is 2.56 bits per heavy atom. The third-order valence-corrected chi connectivity index (χ3v) is 5.30. The van der Waals surface area contributed by atoms with Gasteiger partial charge in [-0.2, -0.15) is 4.31 Å². The normalized spacial score (nSPS) is 26.4. The van der Waals surface area contributed by atoms with Crippen LogP contribution in [0.4, 0.5) is 0 Å². The Balaban J connectivity index is 2.37. The summed E-state index contributed by atoms with van der Waals surface area (Å²) in [5, 5.41) is 3.70. The van der Waals surface area contributed by atoms with Crippen LogP contribution < -0.4 is 5.73 Å². The van der Waals surface area contributed by atoms with Gasteiger partial charge < -0.3 is 10.3 Å². The Labute approximate surface area is 107 Å². The Morgan fingerprint density at radius 1 is 1.39 bits per heavy atom. The average Bonchev–Trinajstić information content (AvgIpc) is 2.57. The molecule has 2 N–H and O–H groups in total. The summed E-state index contributed by atoms with van der Waals surface area (Å²) in [4.78, 5) is 0.184. The molecule has 7 heteroatoms. The highest BCUT2D eigenvalue weighted by molar-refractivity contribution is 7.89. The lowest BCUT2D eigenvalue weighted by atomic mass is 9.99. The first-order valence-corrected chi connectivity index (χ1v) is 7.45. The predicted octanol–water partition coefficient (Wildman–Crippen LogP) is 0.649. The molecule has 0 aromatic carbocycles. The number of rotatable bonds is 2. The van der Waals surface area contributed by atoms with E-state index in [0.717, 1.165) is 6.42 Å². The molecule has 1 fully saturated rings. The lowest BCUT2D eigenvalue weighted by Crippen LogP contribution is -2.48. The molecular formula is C11H19N3O3S. The third kappa shape index (κ3) is 2.30. The van der Waals surface area contributed by atoms with E-state index >= 15 is 0 Å². The van der Waals surface area contributed by atoms with Crippen LogP contribution in [0.1, 0.15) is 24.8 Å². The fraction of sp³-hybridized carbons (Fsp3) is 0.727. The number of aromatic nitrogens is 1. The maximum absolute atomic E-state index is 12.6. The Bertz CT molecular complexity index is 508. The van der Waals surface area contributed by atoms with E-state index in [9.17, 15) is 8.42 Å². The number of hydrogen-bond acceptors (Lipinski definition) is 5. The van der Waals surface area contributed by atoms with Crippen molar-refractivity contribution in [3.05, 3.63) is 11.5 Å². The quantitative estimate of drug-likeness (QED) is 0.854. The number of sulfonamides is 1. The largest absolute Gasteiger partial charge is 0.360 e. The number of aryl methyl sites for hydroxylation is 2. The minimum absolute atomic E-state index is 0.107. The maximum atomic E-state index is 12.6. The summed E-state index contributed by atoms with van der Waals surface area (Å²) >= 11 is 0. The van der Waals surface area contributed by atoms with Crippen LogP contribution in [0.25, 0.3) is 0 Å². The van der Waals surface area contributed by atoms with Crippen LogP contribution in [0.2, 0.25) is 0 Å². The molecule has 1 saturated heterocycles.